The van der Waals surface area contributed by atoms with Crippen LogP contribution in [0.5, 0.6) is 0 Å². The second-order valence-corrected chi connectivity index (χ2v) is 6.56. The van der Waals surface area contributed by atoms with Crippen molar-refractivity contribution < 1.29 is 9.59 Å². The second-order valence-electron chi connectivity index (χ2n) is 5.51. The molecule has 1 rings (SSSR count). The van der Waals surface area contributed by atoms with Crippen LogP contribution >= 0.6 is 11.8 Å². The second kappa shape index (κ2) is 7.85. The highest BCUT2D eigenvalue weighted by molar-refractivity contribution is 8.00. The quantitative estimate of drug-likeness (QED) is 0.790. The maximum Gasteiger partial charge on any atom is 0.231 e. The number of rotatable bonds is 6. The molecule has 0 radical (unpaired) electrons. The summed E-state index contributed by atoms with van der Waals surface area (Å²) in [4.78, 5) is 23.8. The molecule has 2 N–H and O–H groups in total. The third-order valence-electron chi connectivity index (χ3n) is 3.33. The van der Waals surface area contributed by atoms with Gasteiger partial charge >= 0.3 is 0 Å². The lowest BCUT2D eigenvalue weighted by atomic mass is 9.90. The zero-order valence-corrected chi connectivity index (χ0v) is 14.1. The highest BCUT2D eigenvalue weighted by atomic mass is 32.2. The topological polar surface area (TPSA) is 82.0 Å². The van der Waals surface area contributed by atoms with E-state index in [1.54, 1.807) is 19.1 Å². The first kappa shape index (κ1) is 18.1. The molecule has 22 heavy (non-hydrogen) atoms. The number of hydrogen-bond donors (Lipinski definition) is 2. The Kier molecular flexibility index (Phi) is 6.44. The summed E-state index contributed by atoms with van der Waals surface area (Å²) in [6, 6.07) is 9.41. The molecule has 6 heteroatoms. The Morgan fingerprint density at radius 1 is 1.32 bits per heavy atom. The normalized spacial score (nSPS) is 13.1. The lowest BCUT2D eigenvalue weighted by Gasteiger charge is -2.27. The van der Waals surface area contributed by atoms with Gasteiger partial charge in [0, 0.05) is 17.5 Å². The first-order chi connectivity index (χ1) is 10.3. The molecule has 0 heterocycles. The van der Waals surface area contributed by atoms with Gasteiger partial charge < -0.3 is 10.6 Å². The Morgan fingerprint density at radius 3 is 2.36 bits per heavy atom. The number of hydrogen-bond acceptors (Lipinski definition) is 4. The Bertz CT molecular complexity index is 578. The van der Waals surface area contributed by atoms with E-state index in [9.17, 15) is 14.9 Å². The Hall–Kier alpha value is -2.00. The molecule has 1 aromatic rings. The van der Waals surface area contributed by atoms with Crippen molar-refractivity contribution >= 4 is 29.3 Å². The average molecular weight is 319 g/mol. The van der Waals surface area contributed by atoms with Gasteiger partial charge in [0.05, 0.1) is 11.8 Å². The smallest absolute Gasteiger partial charge is 0.231 e. The molecule has 1 aromatic carbocycles. The highest BCUT2D eigenvalue weighted by Crippen LogP contribution is 2.21. The molecule has 0 aliphatic rings. The fourth-order valence-corrected chi connectivity index (χ4v) is 2.31. The minimum Gasteiger partial charge on any atom is -0.337 e. The van der Waals surface area contributed by atoms with Gasteiger partial charge in [0.2, 0.25) is 11.8 Å². The first-order valence-electron chi connectivity index (χ1n) is 6.99. The van der Waals surface area contributed by atoms with Gasteiger partial charge in [0.1, 0.15) is 5.54 Å². The largest absolute Gasteiger partial charge is 0.337 e. The monoisotopic (exact) mass is 319 g/mol. The van der Waals surface area contributed by atoms with Gasteiger partial charge in [-0.1, -0.05) is 13.8 Å². The van der Waals surface area contributed by atoms with Crippen LogP contribution in [0.4, 0.5) is 5.69 Å². The van der Waals surface area contributed by atoms with Crippen molar-refractivity contribution in [3.63, 3.8) is 0 Å². The fraction of sp³-hybridized carbons (Fsp3) is 0.438. The molecule has 0 fully saturated rings. The molecular weight excluding hydrogens is 298 g/mol. The number of nitrogens with zero attached hydrogens (tertiary/aromatic N) is 1. The summed E-state index contributed by atoms with van der Waals surface area (Å²) in [6.45, 7) is 6.98. The van der Waals surface area contributed by atoms with E-state index in [0.29, 0.717) is 0 Å². The van der Waals surface area contributed by atoms with E-state index in [-0.39, 0.29) is 23.5 Å². The standard InChI is InChI=1S/C16H21N3O2S/c1-11(2)16(4,10-17)19-15(21)9-22-14-7-5-13(6-8-14)18-12(3)20/h5-8,11H,9H2,1-4H3,(H,18,20)(H,19,21)/t16-/m0/s1. The lowest BCUT2D eigenvalue weighted by molar-refractivity contribution is -0.120. The Balaban J connectivity index is 2.54. The number of carbonyl (C=O) groups excluding carboxylic acids is 2. The van der Waals surface area contributed by atoms with Crippen molar-refractivity contribution in [3.05, 3.63) is 24.3 Å². The van der Waals surface area contributed by atoms with E-state index < -0.39 is 5.54 Å². The first-order valence-corrected chi connectivity index (χ1v) is 7.98. The molecule has 2 amide bonds. The van der Waals surface area contributed by atoms with Crippen LogP contribution in [0.25, 0.3) is 0 Å². The zero-order chi connectivity index (χ0) is 16.8. The molecular formula is C16H21N3O2S. The minimum atomic E-state index is -0.854. The Labute approximate surface area is 135 Å². The summed E-state index contributed by atoms with van der Waals surface area (Å²) in [5.41, 5.74) is -0.134. The SMILES string of the molecule is CC(=O)Nc1ccc(SCC(=O)N[C@@](C)(C#N)C(C)C)cc1. The molecule has 0 aliphatic carbocycles. The van der Waals surface area contributed by atoms with Crippen molar-refractivity contribution in [1.29, 1.82) is 5.26 Å². The van der Waals surface area contributed by atoms with Gasteiger partial charge in [-0.15, -0.1) is 11.8 Å². The number of thioether (sulfide) groups is 1. The summed E-state index contributed by atoms with van der Waals surface area (Å²) in [5.74, 6) is -0.0231. The van der Waals surface area contributed by atoms with Gasteiger partial charge in [0.15, 0.2) is 0 Å². The van der Waals surface area contributed by atoms with Gasteiger partial charge in [-0.25, -0.2) is 0 Å². The maximum atomic E-state index is 12.0. The van der Waals surface area contributed by atoms with Crippen LogP contribution in [0.2, 0.25) is 0 Å². The summed E-state index contributed by atoms with van der Waals surface area (Å²) in [6.07, 6.45) is 0. The number of nitrogens with one attached hydrogen (secondary N) is 2. The lowest BCUT2D eigenvalue weighted by Crippen LogP contribution is -2.49. The third kappa shape index (κ3) is 5.41. The molecule has 0 spiro atoms. The Morgan fingerprint density at radius 2 is 1.91 bits per heavy atom. The van der Waals surface area contributed by atoms with Crippen molar-refractivity contribution in [2.45, 2.75) is 38.1 Å². The minimum absolute atomic E-state index is 0.0309. The van der Waals surface area contributed by atoms with Crippen LogP contribution < -0.4 is 10.6 Å². The number of anilines is 1. The molecule has 0 saturated heterocycles. The van der Waals surface area contributed by atoms with E-state index in [0.717, 1.165) is 10.6 Å². The summed E-state index contributed by atoms with van der Waals surface area (Å²) in [7, 11) is 0. The van der Waals surface area contributed by atoms with Crippen molar-refractivity contribution in [1.82, 2.24) is 5.32 Å². The van der Waals surface area contributed by atoms with Crippen molar-refractivity contribution in [3.8, 4) is 6.07 Å². The fourth-order valence-electron chi connectivity index (χ4n) is 1.61. The van der Waals surface area contributed by atoms with Crippen molar-refractivity contribution in [2.24, 2.45) is 5.92 Å². The number of benzene rings is 1. The molecule has 0 aromatic heterocycles. The predicted octanol–water partition coefficient (Wildman–Crippen LogP) is 2.79. The van der Waals surface area contributed by atoms with Crippen molar-refractivity contribution in [2.75, 3.05) is 11.1 Å². The molecule has 0 unspecified atom stereocenters. The zero-order valence-electron chi connectivity index (χ0n) is 13.3. The van der Waals surface area contributed by atoms with E-state index in [1.165, 1.54) is 18.7 Å². The summed E-state index contributed by atoms with van der Waals surface area (Å²) < 4.78 is 0. The van der Waals surface area contributed by atoms with Crippen LogP contribution in [-0.4, -0.2) is 23.1 Å². The van der Waals surface area contributed by atoms with Gasteiger partial charge in [0.25, 0.3) is 0 Å². The summed E-state index contributed by atoms with van der Waals surface area (Å²) in [5, 5.41) is 14.6. The molecule has 0 bridgehead atoms. The van der Waals surface area contributed by atoms with Crippen LogP contribution in [0.3, 0.4) is 0 Å². The number of carbonyl (C=O) groups is 2. The van der Waals surface area contributed by atoms with Crippen LogP contribution in [0.1, 0.15) is 27.7 Å². The van der Waals surface area contributed by atoms with E-state index in [1.807, 2.05) is 26.0 Å². The molecule has 0 aliphatic heterocycles. The number of nitriles is 1. The van der Waals surface area contributed by atoms with Crippen LogP contribution in [0.15, 0.2) is 29.2 Å². The maximum absolute atomic E-state index is 12.0. The highest BCUT2D eigenvalue weighted by Gasteiger charge is 2.29. The van der Waals surface area contributed by atoms with Gasteiger partial charge in [-0.3, -0.25) is 9.59 Å². The average Bonchev–Trinajstić information content (AvgIpc) is 2.45. The van der Waals surface area contributed by atoms with Gasteiger partial charge in [-0.05, 0) is 37.1 Å². The van der Waals surface area contributed by atoms with E-state index >= 15 is 0 Å². The third-order valence-corrected chi connectivity index (χ3v) is 4.34. The predicted molar refractivity (Wildman–Crippen MR) is 88.5 cm³/mol. The molecule has 118 valence electrons. The van der Waals surface area contributed by atoms with E-state index in [2.05, 4.69) is 16.7 Å². The van der Waals surface area contributed by atoms with Gasteiger partial charge in [-0.2, -0.15) is 5.26 Å². The summed E-state index contributed by atoms with van der Waals surface area (Å²) >= 11 is 1.38. The van der Waals surface area contributed by atoms with E-state index in [4.69, 9.17) is 0 Å². The van der Waals surface area contributed by atoms with Crippen LogP contribution in [0, 0.1) is 17.2 Å². The number of amides is 2. The molecule has 0 saturated carbocycles. The molecule has 1 atom stereocenters. The molecule has 5 nitrogen and oxygen atoms in total. The van der Waals surface area contributed by atoms with Crippen LogP contribution in [-0.2, 0) is 9.59 Å².